The molecule has 0 aromatic carbocycles. The molecular weight excluding hydrogens is 176 g/mol. The Balaban J connectivity index is 2.58. The lowest BCUT2D eigenvalue weighted by atomic mass is 10.5. The second-order valence-corrected chi connectivity index (χ2v) is 4.89. The molecule has 4 heteroatoms. The molecule has 1 aliphatic rings. The van der Waals surface area contributed by atoms with Gasteiger partial charge in [-0.15, -0.1) is 0 Å². The number of hydrogen-bond acceptors (Lipinski definition) is 2. The summed E-state index contributed by atoms with van der Waals surface area (Å²) in [5.41, 5.74) is 0. The van der Waals surface area contributed by atoms with Gasteiger partial charge in [-0.3, -0.25) is 0 Å². The average molecular weight is 191 g/mol. The molecule has 64 valence electrons. The standard InChI is InChI=1S/C7H15N2S2/c1-4-9(3)5-8(2)7(10)11-6-9/h4-6H2,1-3H3/q+1. The Hall–Kier alpha value is 0.200. The highest BCUT2D eigenvalue weighted by atomic mass is 32.2. The third-order valence-corrected chi connectivity index (χ3v) is 4.10. The minimum Gasteiger partial charge on any atom is -0.313 e. The Morgan fingerprint density at radius 2 is 2.36 bits per heavy atom. The molecule has 0 saturated carbocycles. The second kappa shape index (κ2) is 3.29. The summed E-state index contributed by atoms with van der Waals surface area (Å²) in [5, 5.41) is 0. The van der Waals surface area contributed by atoms with E-state index < -0.39 is 0 Å². The quantitative estimate of drug-likeness (QED) is 0.455. The third-order valence-electron chi connectivity index (χ3n) is 2.13. The van der Waals surface area contributed by atoms with Crippen molar-refractivity contribution in [1.29, 1.82) is 0 Å². The lowest BCUT2D eigenvalue weighted by Gasteiger charge is -2.41. The molecule has 11 heavy (non-hydrogen) atoms. The highest BCUT2D eigenvalue weighted by Crippen LogP contribution is 2.21. The fraction of sp³-hybridized carbons (Fsp3) is 0.857. The van der Waals surface area contributed by atoms with E-state index in [1.165, 1.54) is 6.54 Å². The molecule has 1 aliphatic heterocycles. The van der Waals surface area contributed by atoms with Crippen molar-refractivity contribution in [2.24, 2.45) is 0 Å². The largest absolute Gasteiger partial charge is 0.313 e. The Labute approximate surface area is 78.1 Å². The normalized spacial score (nSPS) is 32.6. The molecule has 2 nitrogen and oxygen atoms in total. The zero-order chi connectivity index (χ0) is 8.48. The summed E-state index contributed by atoms with van der Waals surface area (Å²) < 4.78 is 2.13. The Bertz CT molecular complexity index is 172. The second-order valence-electron chi connectivity index (χ2n) is 3.31. The van der Waals surface area contributed by atoms with Gasteiger partial charge in [-0.2, -0.15) is 0 Å². The van der Waals surface area contributed by atoms with Crippen LogP contribution in [0.25, 0.3) is 0 Å². The van der Waals surface area contributed by atoms with E-state index in [4.69, 9.17) is 12.2 Å². The van der Waals surface area contributed by atoms with E-state index >= 15 is 0 Å². The fourth-order valence-corrected chi connectivity index (χ4v) is 2.30. The van der Waals surface area contributed by atoms with Crippen LogP contribution < -0.4 is 0 Å². The van der Waals surface area contributed by atoms with Crippen molar-refractivity contribution < 1.29 is 4.48 Å². The van der Waals surface area contributed by atoms with Gasteiger partial charge in [0.1, 0.15) is 10.2 Å². The number of quaternary nitrogens is 1. The van der Waals surface area contributed by atoms with Gasteiger partial charge in [-0.05, 0) is 18.7 Å². The van der Waals surface area contributed by atoms with Crippen molar-refractivity contribution in [3.63, 3.8) is 0 Å². The monoisotopic (exact) mass is 191 g/mol. The Morgan fingerprint density at radius 3 is 2.82 bits per heavy atom. The van der Waals surface area contributed by atoms with Crippen molar-refractivity contribution in [3.05, 3.63) is 0 Å². The molecule has 1 saturated heterocycles. The van der Waals surface area contributed by atoms with Crippen LogP contribution in [-0.4, -0.2) is 46.9 Å². The van der Waals surface area contributed by atoms with Crippen LogP contribution in [0, 0.1) is 0 Å². The third kappa shape index (κ3) is 2.07. The molecule has 0 bridgehead atoms. The van der Waals surface area contributed by atoms with E-state index in [0.717, 1.165) is 21.3 Å². The van der Waals surface area contributed by atoms with Gasteiger partial charge in [-0.1, -0.05) is 12.2 Å². The minimum absolute atomic E-state index is 1.04. The van der Waals surface area contributed by atoms with Gasteiger partial charge in [-0.25, -0.2) is 0 Å². The van der Waals surface area contributed by atoms with Gasteiger partial charge >= 0.3 is 0 Å². The van der Waals surface area contributed by atoms with Crippen LogP contribution >= 0.6 is 24.0 Å². The van der Waals surface area contributed by atoms with Crippen molar-refractivity contribution in [2.45, 2.75) is 6.92 Å². The summed E-state index contributed by atoms with van der Waals surface area (Å²) in [4.78, 5) is 2.16. The molecule has 1 atom stereocenters. The maximum absolute atomic E-state index is 5.16. The molecule has 0 aromatic heterocycles. The molecule has 1 rings (SSSR count). The summed E-state index contributed by atoms with van der Waals surface area (Å²) >= 11 is 6.95. The molecule has 0 N–H and O–H groups in total. The van der Waals surface area contributed by atoms with E-state index in [1.54, 1.807) is 11.8 Å². The summed E-state index contributed by atoms with van der Waals surface area (Å²) in [6.07, 6.45) is 0. The predicted octanol–water partition coefficient (Wildman–Crippen LogP) is 1.33. The van der Waals surface area contributed by atoms with Gasteiger partial charge in [0, 0.05) is 7.05 Å². The molecule has 1 fully saturated rings. The van der Waals surface area contributed by atoms with Gasteiger partial charge < -0.3 is 9.38 Å². The van der Waals surface area contributed by atoms with Crippen LogP contribution in [0.1, 0.15) is 6.92 Å². The Morgan fingerprint density at radius 1 is 1.73 bits per heavy atom. The first kappa shape index (κ1) is 9.29. The smallest absolute Gasteiger partial charge is 0.155 e. The fourth-order valence-electron chi connectivity index (χ4n) is 1.12. The van der Waals surface area contributed by atoms with E-state index in [1.807, 2.05) is 0 Å². The lowest BCUT2D eigenvalue weighted by molar-refractivity contribution is -0.904. The first-order valence-corrected chi connectivity index (χ1v) is 5.18. The molecule has 0 amide bonds. The molecular formula is C7H15N2S2+. The van der Waals surface area contributed by atoms with E-state index in [2.05, 4.69) is 25.9 Å². The molecule has 1 heterocycles. The van der Waals surface area contributed by atoms with Crippen LogP contribution in [0.15, 0.2) is 0 Å². The molecule has 0 radical (unpaired) electrons. The summed E-state index contributed by atoms with van der Waals surface area (Å²) in [6, 6.07) is 0. The van der Waals surface area contributed by atoms with Crippen LogP contribution in [-0.2, 0) is 0 Å². The number of rotatable bonds is 1. The van der Waals surface area contributed by atoms with Crippen molar-refractivity contribution in [3.8, 4) is 0 Å². The Kier molecular flexibility index (Phi) is 2.78. The van der Waals surface area contributed by atoms with E-state index in [9.17, 15) is 0 Å². The molecule has 0 aromatic rings. The lowest BCUT2D eigenvalue weighted by Crippen LogP contribution is -2.54. The first-order chi connectivity index (χ1) is 5.07. The van der Waals surface area contributed by atoms with Crippen molar-refractivity contribution in [1.82, 2.24) is 4.90 Å². The van der Waals surface area contributed by atoms with Crippen LogP contribution in [0.3, 0.4) is 0 Å². The highest BCUT2D eigenvalue weighted by Gasteiger charge is 2.28. The van der Waals surface area contributed by atoms with Gasteiger partial charge in [0.05, 0.1) is 13.6 Å². The zero-order valence-electron chi connectivity index (χ0n) is 7.33. The molecule has 0 aliphatic carbocycles. The predicted molar refractivity (Wildman–Crippen MR) is 54.4 cm³/mol. The molecule has 0 spiro atoms. The van der Waals surface area contributed by atoms with Gasteiger partial charge in [0.15, 0.2) is 6.67 Å². The summed E-state index contributed by atoms with van der Waals surface area (Å²) in [6.45, 7) is 4.46. The van der Waals surface area contributed by atoms with Crippen LogP contribution in [0.4, 0.5) is 0 Å². The number of thiocarbonyl (C=S) groups is 1. The van der Waals surface area contributed by atoms with Crippen LogP contribution in [0.5, 0.6) is 0 Å². The number of thioether (sulfide) groups is 1. The number of hydrogen-bond donors (Lipinski definition) is 0. The van der Waals surface area contributed by atoms with Gasteiger partial charge in [0.2, 0.25) is 0 Å². The van der Waals surface area contributed by atoms with Gasteiger partial charge in [0.25, 0.3) is 0 Å². The first-order valence-electron chi connectivity index (χ1n) is 3.79. The molecule has 1 unspecified atom stereocenters. The summed E-state index contributed by atoms with van der Waals surface area (Å²) in [7, 11) is 4.34. The van der Waals surface area contributed by atoms with E-state index in [0.29, 0.717) is 0 Å². The SMILES string of the molecule is CC[N+]1(C)CSC(=S)N(C)C1. The average Bonchev–Trinajstić information content (AvgIpc) is 1.98. The maximum Gasteiger partial charge on any atom is 0.155 e. The van der Waals surface area contributed by atoms with E-state index in [-0.39, 0.29) is 0 Å². The van der Waals surface area contributed by atoms with Crippen LogP contribution in [0.2, 0.25) is 0 Å². The minimum atomic E-state index is 1.04. The number of nitrogens with zero attached hydrogens (tertiary/aromatic N) is 2. The highest BCUT2D eigenvalue weighted by molar-refractivity contribution is 8.22. The zero-order valence-corrected chi connectivity index (χ0v) is 8.97. The topological polar surface area (TPSA) is 3.24 Å². The summed E-state index contributed by atoms with van der Waals surface area (Å²) in [5.74, 6) is 1.12. The van der Waals surface area contributed by atoms with Crippen molar-refractivity contribution in [2.75, 3.05) is 33.2 Å². The van der Waals surface area contributed by atoms with Crippen molar-refractivity contribution >= 4 is 28.3 Å². The maximum atomic E-state index is 5.16.